The van der Waals surface area contributed by atoms with Crippen LogP contribution in [0, 0.1) is 13.8 Å². The molecule has 1 aromatic rings. The maximum Gasteiger partial charge on any atom is 0.173 e. The molecule has 1 aliphatic carbocycles. The molecule has 1 unspecified atom stereocenters. The molecule has 1 saturated carbocycles. The Morgan fingerprint density at radius 2 is 1.71 bits per heavy atom. The molecule has 1 saturated heterocycles. The first-order valence-corrected chi connectivity index (χ1v) is 9.92. The van der Waals surface area contributed by atoms with Crippen molar-refractivity contribution in [2.45, 2.75) is 64.5 Å². The Hall–Kier alpha value is -1.13. The molecule has 0 radical (unpaired) electrons. The minimum absolute atomic E-state index is 0.813. The highest BCUT2D eigenvalue weighted by atomic mass is 32.1. The van der Waals surface area contributed by atoms with Crippen LogP contribution in [0.2, 0.25) is 0 Å². The number of quaternary nitrogens is 1. The van der Waals surface area contributed by atoms with E-state index in [1.807, 2.05) is 0 Å². The van der Waals surface area contributed by atoms with Crippen LogP contribution in [0.3, 0.4) is 0 Å². The van der Waals surface area contributed by atoms with Crippen molar-refractivity contribution in [2.24, 2.45) is 0 Å². The van der Waals surface area contributed by atoms with Crippen molar-refractivity contribution < 1.29 is 4.90 Å². The molecule has 1 aliphatic heterocycles. The fraction of sp³-hybridized carbons (Fsp3) is 0.650. The molecule has 0 spiro atoms. The van der Waals surface area contributed by atoms with Crippen LogP contribution in [0.4, 0.5) is 5.69 Å². The van der Waals surface area contributed by atoms with Crippen LogP contribution in [0.5, 0.6) is 0 Å². The fourth-order valence-corrected chi connectivity index (χ4v) is 4.61. The van der Waals surface area contributed by atoms with E-state index in [1.54, 1.807) is 4.90 Å². The van der Waals surface area contributed by atoms with E-state index >= 15 is 0 Å². The van der Waals surface area contributed by atoms with E-state index in [4.69, 9.17) is 12.2 Å². The molecule has 3 rings (SSSR count). The zero-order chi connectivity index (χ0) is 17.1. The summed E-state index contributed by atoms with van der Waals surface area (Å²) >= 11 is 5.68. The van der Waals surface area contributed by atoms with Crippen LogP contribution in [0.15, 0.2) is 18.2 Å². The number of thiocarbonyl (C=S) groups is 1. The highest BCUT2D eigenvalue weighted by molar-refractivity contribution is 7.80. The smallest absolute Gasteiger partial charge is 0.173 e. The molecule has 4 heteroatoms. The zero-order valence-electron chi connectivity index (χ0n) is 15.4. The lowest BCUT2D eigenvalue weighted by Gasteiger charge is -2.38. The summed E-state index contributed by atoms with van der Waals surface area (Å²) in [6, 6.07) is 8.21. The monoisotopic (exact) mass is 346 g/mol. The second-order valence-corrected chi connectivity index (χ2v) is 8.12. The largest absolute Gasteiger partial charge is 0.349 e. The van der Waals surface area contributed by atoms with Crippen molar-refractivity contribution in [3.05, 3.63) is 29.3 Å². The standard InChI is InChI=1S/C20H31N3S/c1-15-8-9-16(2)19(14-15)21-20(24)23-12-10-18(11-13-23)22(3)17-6-4-5-7-17/h8-9,14,17-18H,4-7,10-13H2,1-3H3,(H,21,24)/p+1. The third kappa shape index (κ3) is 4.09. The van der Waals surface area contributed by atoms with E-state index in [1.165, 1.54) is 49.7 Å². The molecular weight excluding hydrogens is 314 g/mol. The van der Waals surface area contributed by atoms with E-state index in [2.05, 4.69) is 49.3 Å². The number of anilines is 1. The maximum atomic E-state index is 5.68. The van der Waals surface area contributed by atoms with E-state index in [0.717, 1.165) is 36.0 Å². The van der Waals surface area contributed by atoms with E-state index in [9.17, 15) is 0 Å². The molecule has 1 atom stereocenters. The number of likely N-dealkylation sites (tertiary alicyclic amines) is 1. The summed E-state index contributed by atoms with van der Waals surface area (Å²) in [6.07, 6.45) is 8.25. The highest BCUT2D eigenvalue weighted by Crippen LogP contribution is 2.19. The van der Waals surface area contributed by atoms with Gasteiger partial charge in [-0.3, -0.25) is 0 Å². The lowest BCUT2D eigenvalue weighted by Crippen LogP contribution is -3.16. The molecular formula is C20H32N3S+. The Bertz CT molecular complexity index is 572. The number of nitrogens with zero attached hydrogens (tertiary/aromatic N) is 1. The van der Waals surface area contributed by atoms with Gasteiger partial charge in [-0.15, -0.1) is 0 Å². The van der Waals surface area contributed by atoms with Crippen molar-refractivity contribution >= 4 is 23.0 Å². The van der Waals surface area contributed by atoms with Gasteiger partial charge in [-0.2, -0.15) is 0 Å². The number of piperidine rings is 1. The number of nitrogens with one attached hydrogen (secondary N) is 2. The molecule has 1 aromatic carbocycles. The Balaban J connectivity index is 1.52. The maximum absolute atomic E-state index is 5.68. The Labute approximate surface area is 152 Å². The van der Waals surface area contributed by atoms with Crippen LogP contribution in [-0.4, -0.2) is 42.2 Å². The third-order valence-corrected chi connectivity index (χ3v) is 6.42. The molecule has 0 amide bonds. The van der Waals surface area contributed by atoms with Gasteiger partial charge in [0.1, 0.15) is 0 Å². The third-order valence-electron chi connectivity index (χ3n) is 6.06. The molecule has 0 aromatic heterocycles. The SMILES string of the molecule is Cc1ccc(C)c(NC(=S)N2CCC([NH+](C)C3CCCC3)CC2)c1. The lowest BCUT2D eigenvalue weighted by atomic mass is 10.0. The first kappa shape index (κ1) is 17.7. The van der Waals surface area contributed by atoms with Gasteiger partial charge in [0.25, 0.3) is 0 Å². The molecule has 2 aliphatic rings. The highest BCUT2D eigenvalue weighted by Gasteiger charge is 2.32. The average molecular weight is 347 g/mol. The first-order chi connectivity index (χ1) is 11.5. The Kier molecular flexibility index (Phi) is 5.77. The quantitative estimate of drug-likeness (QED) is 0.821. The van der Waals surface area contributed by atoms with Gasteiger partial charge in [-0.25, -0.2) is 0 Å². The van der Waals surface area contributed by atoms with Crippen LogP contribution in [0.25, 0.3) is 0 Å². The fourth-order valence-electron chi connectivity index (χ4n) is 4.32. The second-order valence-electron chi connectivity index (χ2n) is 7.74. The normalized spacial score (nSPS) is 21.0. The number of aryl methyl sites for hydroxylation is 2. The summed E-state index contributed by atoms with van der Waals surface area (Å²) in [7, 11) is 2.42. The van der Waals surface area contributed by atoms with Gasteiger partial charge in [-0.05, 0) is 68.9 Å². The molecule has 2 fully saturated rings. The second kappa shape index (κ2) is 7.83. The Morgan fingerprint density at radius 3 is 2.38 bits per heavy atom. The summed E-state index contributed by atoms with van der Waals surface area (Å²) in [6.45, 7) is 6.44. The molecule has 1 heterocycles. The van der Waals surface area contributed by atoms with Gasteiger partial charge < -0.3 is 15.1 Å². The number of hydrogen-bond donors (Lipinski definition) is 2. The summed E-state index contributed by atoms with van der Waals surface area (Å²) in [5, 5.41) is 4.36. The van der Waals surface area contributed by atoms with Crippen molar-refractivity contribution in [3.63, 3.8) is 0 Å². The molecule has 132 valence electrons. The molecule has 2 N–H and O–H groups in total. The minimum Gasteiger partial charge on any atom is -0.349 e. The number of benzene rings is 1. The number of rotatable bonds is 3. The topological polar surface area (TPSA) is 19.7 Å². The van der Waals surface area contributed by atoms with Gasteiger partial charge >= 0.3 is 0 Å². The van der Waals surface area contributed by atoms with E-state index in [-0.39, 0.29) is 0 Å². The first-order valence-electron chi connectivity index (χ1n) is 9.51. The van der Waals surface area contributed by atoms with Gasteiger partial charge in [0, 0.05) is 31.6 Å². The Morgan fingerprint density at radius 1 is 1.08 bits per heavy atom. The molecule has 24 heavy (non-hydrogen) atoms. The van der Waals surface area contributed by atoms with Crippen molar-refractivity contribution in [1.82, 2.24) is 4.90 Å². The van der Waals surface area contributed by atoms with Crippen molar-refractivity contribution in [3.8, 4) is 0 Å². The lowest BCUT2D eigenvalue weighted by molar-refractivity contribution is -0.931. The van der Waals surface area contributed by atoms with Gasteiger partial charge in [-0.1, -0.05) is 12.1 Å². The van der Waals surface area contributed by atoms with Crippen LogP contribution >= 0.6 is 12.2 Å². The predicted molar refractivity (Wildman–Crippen MR) is 106 cm³/mol. The minimum atomic E-state index is 0.813. The van der Waals surface area contributed by atoms with Crippen LogP contribution in [-0.2, 0) is 0 Å². The van der Waals surface area contributed by atoms with Crippen molar-refractivity contribution in [1.29, 1.82) is 0 Å². The van der Waals surface area contributed by atoms with Crippen LogP contribution in [0.1, 0.15) is 49.7 Å². The van der Waals surface area contributed by atoms with Gasteiger partial charge in [0.2, 0.25) is 0 Å². The summed E-state index contributed by atoms with van der Waals surface area (Å²) < 4.78 is 0. The zero-order valence-corrected chi connectivity index (χ0v) is 16.2. The molecule has 0 bridgehead atoms. The van der Waals surface area contributed by atoms with E-state index in [0.29, 0.717) is 0 Å². The van der Waals surface area contributed by atoms with Crippen molar-refractivity contribution in [2.75, 3.05) is 25.5 Å². The van der Waals surface area contributed by atoms with Gasteiger partial charge in [0.15, 0.2) is 5.11 Å². The van der Waals surface area contributed by atoms with Crippen LogP contribution < -0.4 is 10.2 Å². The summed E-state index contributed by atoms with van der Waals surface area (Å²) in [5.74, 6) is 0. The molecule has 3 nitrogen and oxygen atoms in total. The average Bonchev–Trinajstić information content (AvgIpc) is 3.12. The van der Waals surface area contributed by atoms with E-state index < -0.39 is 0 Å². The summed E-state index contributed by atoms with van der Waals surface area (Å²) in [4.78, 5) is 4.13. The van der Waals surface area contributed by atoms with Gasteiger partial charge in [0.05, 0.1) is 19.1 Å². The predicted octanol–water partition coefficient (Wildman–Crippen LogP) is 2.92. The number of hydrogen-bond acceptors (Lipinski definition) is 1. The summed E-state index contributed by atoms with van der Waals surface area (Å²) in [5.41, 5.74) is 3.67.